The van der Waals surface area contributed by atoms with E-state index in [1.54, 1.807) is 31.4 Å². The summed E-state index contributed by atoms with van der Waals surface area (Å²) in [6.45, 7) is 0.348. The van der Waals surface area contributed by atoms with E-state index in [2.05, 4.69) is 27.4 Å². The van der Waals surface area contributed by atoms with Crippen molar-refractivity contribution in [3.8, 4) is 23.0 Å². The third-order valence-electron chi connectivity index (χ3n) is 6.68. The van der Waals surface area contributed by atoms with E-state index in [0.717, 1.165) is 35.5 Å². The van der Waals surface area contributed by atoms with Crippen molar-refractivity contribution in [2.24, 2.45) is 0 Å². The summed E-state index contributed by atoms with van der Waals surface area (Å²) in [6.07, 6.45) is 4.93. The van der Waals surface area contributed by atoms with Crippen molar-refractivity contribution < 1.29 is 18.8 Å². The lowest BCUT2D eigenvalue weighted by Gasteiger charge is -2.36. The summed E-state index contributed by atoms with van der Waals surface area (Å²) < 4.78 is 16.7. The van der Waals surface area contributed by atoms with E-state index in [9.17, 15) is 4.79 Å². The van der Waals surface area contributed by atoms with Crippen LogP contribution in [0.1, 0.15) is 41.9 Å². The number of benzene rings is 2. The molecule has 33 heavy (non-hydrogen) atoms. The summed E-state index contributed by atoms with van der Waals surface area (Å²) in [4.78, 5) is 19.2. The number of fused-ring (bicyclic) bond motifs is 2. The van der Waals surface area contributed by atoms with Crippen LogP contribution in [0.2, 0.25) is 0 Å². The highest BCUT2D eigenvalue weighted by Gasteiger charge is 2.39. The molecule has 2 fully saturated rings. The summed E-state index contributed by atoms with van der Waals surface area (Å²) in [5.41, 5.74) is 1.67. The first-order valence-corrected chi connectivity index (χ1v) is 11.3. The Morgan fingerprint density at radius 2 is 1.88 bits per heavy atom. The molecule has 0 aliphatic carbocycles. The topological polar surface area (TPSA) is 89.7 Å². The summed E-state index contributed by atoms with van der Waals surface area (Å²) in [7, 11) is 3.83. The normalized spacial score (nSPS) is 22.2. The number of nitrogens with zero attached hydrogens (tertiary/aromatic N) is 3. The van der Waals surface area contributed by atoms with Gasteiger partial charge in [-0.1, -0.05) is 17.3 Å². The Balaban J connectivity index is 1.17. The Hall–Kier alpha value is -3.39. The Bertz CT molecular complexity index is 1100. The minimum atomic E-state index is -0.392. The lowest BCUT2D eigenvalue weighted by Crippen LogP contribution is -2.43. The van der Waals surface area contributed by atoms with Crippen LogP contribution < -0.4 is 14.8 Å². The van der Waals surface area contributed by atoms with Crippen LogP contribution in [0, 0.1) is 0 Å². The second-order valence-corrected chi connectivity index (χ2v) is 8.74. The molecule has 8 heteroatoms. The number of aromatic nitrogens is 2. The molecule has 3 heterocycles. The van der Waals surface area contributed by atoms with Gasteiger partial charge in [0.1, 0.15) is 17.6 Å². The zero-order valence-electron chi connectivity index (χ0n) is 18.9. The number of carbonyl (C=O) groups excluding carboxylic acids is 1. The highest BCUT2D eigenvalue weighted by molar-refractivity contribution is 5.90. The molecule has 2 saturated heterocycles. The third-order valence-corrected chi connectivity index (χ3v) is 6.68. The molecule has 0 saturated carbocycles. The van der Waals surface area contributed by atoms with Crippen LogP contribution in [0.3, 0.4) is 0 Å². The predicted octanol–water partition coefficient (Wildman–Crippen LogP) is 3.68. The molecule has 5 rings (SSSR count). The van der Waals surface area contributed by atoms with Crippen molar-refractivity contribution in [3.63, 3.8) is 0 Å². The molecule has 1 aromatic heterocycles. The van der Waals surface area contributed by atoms with Gasteiger partial charge in [0, 0.05) is 24.2 Å². The molecular formula is C25H28N4O4. The molecule has 2 bridgehead atoms. The van der Waals surface area contributed by atoms with Crippen molar-refractivity contribution in [3.05, 3.63) is 59.9 Å². The minimum Gasteiger partial charge on any atom is -0.497 e. The summed E-state index contributed by atoms with van der Waals surface area (Å²) in [6, 6.07) is 16.3. The van der Waals surface area contributed by atoms with E-state index in [1.165, 1.54) is 12.8 Å². The number of rotatable bonds is 7. The van der Waals surface area contributed by atoms with Crippen molar-refractivity contribution >= 4 is 5.91 Å². The number of carbonyl (C=O) groups is 1. The smallest absolute Gasteiger partial charge is 0.292 e. The lowest BCUT2D eigenvalue weighted by molar-refractivity contribution is 0.0661. The van der Waals surface area contributed by atoms with Crippen LogP contribution in [-0.2, 0) is 6.54 Å². The van der Waals surface area contributed by atoms with Crippen LogP contribution in [-0.4, -0.2) is 53.3 Å². The summed E-state index contributed by atoms with van der Waals surface area (Å²) >= 11 is 0. The number of hydrogen-bond acceptors (Lipinski definition) is 7. The van der Waals surface area contributed by atoms with Crippen molar-refractivity contribution in [2.45, 2.75) is 50.4 Å². The van der Waals surface area contributed by atoms with E-state index < -0.39 is 5.91 Å². The van der Waals surface area contributed by atoms with E-state index in [4.69, 9.17) is 14.0 Å². The first kappa shape index (κ1) is 21.5. The molecule has 2 aliphatic rings. The van der Waals surface area contributed by atoms with Gasteiger partial charge in [-0.25, -0.2) is 0 Å². The quantitative estimate of drug-likeness (QED) is 0.590. The number of piperidine rings is 1. The monoisotopic (exact) mass is 448 g/mol. The van der Waals surface area contributed by atoms with Gasteiger partial charge < -0.3 is 24.2 Å². The van der Waals surface area contributed by atoms with Crippen LogP contribution in [0.4, 0.5) is 0 Å². The summed E-state index contributed by atoms with van der Waals surface area (Å²) in [5, 5.41) is 6.66. The zero-order chi connectivity index (χ0) is 22.8. The highest BCUT2D eigenvalue weighted by atomic mass is 16.5. The van der Waals surface area contributed by atoms with Crippen LogP contribution in [0.5, 0.6) is 11.5 Å². The third kappa shape index (κ3) is 4.71. The first-order chi connectivity index (χ1) is 16.1. The van der Waals surface area contributed by atoms with E-state index in [0.29, 0.717) is 18.6 Å². The van der Waals surface area contributed by atoms with Gasteiger partial charge in [-0.2, -0.15) is 4.98 Å². The van der Waals surface area contributed by atoms with Crippen molar-refractivity contribution in [1.82, 2.24) is 20.4 Å². The number of ether oxygens (including phenoxy) is 2. The van der Waals surface area contributed by atoms with Gasteiger partial charge in [-0.15, -0.1) is 0 Å². The molecule has 3 aromatic rings. The fourth-order valence-electron chi connectivity index (χ4n) is 4.81. The van der Waals surface area contributed by atoms with Gasteiger partial charge in [0.05, 0.1) is 7.11 Å². The molecule has 2 aromatic carbocycles. The minimum absolute atomic E-state index is 0.00461. The SMILES string of the molecule is COc1ccc(-c2nc(C(=O)NCc3cccc(OC4CC5CCC(C4)N5C)c3)no2)cc1. The Morgan fingerprint density at radius 1 is 1.12 bits per heavy atom. The summed E-state index contributed by atoms with van der Waals surface area (Å²) in [5.74, 6) is 1.46. The lowest BCUT2D eigenvalue weighted by atomic mass is 10.0. The van der Waals surface area contributed by atoms with Gasteiger partial charge in [0.25, 0.3) is 17.6 Å². The van der Waals surface area contributed by atoms with Gasteiger partial charge in [-0.3, -0.25) is 4.79 Å². The van der Waals surface area contributed by atoms with Gasteiger partial charge >= 0.3 is 0 Å². The number of amides is 1. The molecule has 2 atom stereocenters. The van der Waals surface area contributed by atoms with Gasteiger partial charge in [-0.05, 0) is 74.7 Å². The fourth-order valence-corrected chi connectivity index (χ4v) is 4.81. The molecule has 1 N–H and O–H groups in total. The number of methoxy groups -OCH3 is 1. The van der Waals surface area contributed by atoms with Gasteiger partial charge in [0.2, 0.25) is 0 Å². The molecule has 2 unspecified atom stereocenters. The van der Waals surface area contributed by atoms with Crippen LogP contribution in [0.25, 0.3) is 11.5 Å². The predicted molar refractivity (Wildman–Crippen MR) is 122 cm³/mol. The van der Waals surface area contributed by atoms with Crippen molar-refractivity contribution in [1.29, 1.82) is 0 Å². The fraction of sp³-hybridized carbons (Fsp3) is 0.400. The molecular weight excluding hydrogens is 420 g/mol. The second kappa shape index (κ2) is 9.23. The average molecular weight is 449 g/mol. The van der Waals surface area contributed by atoms with E-state index >= 15 is 0 Å². The molecule has 0 spiro atoms. The maximum absolute atomic E-state index is 12.5. The Labute approximate surface area is 192 Å². The van der Waals surface area contributed by atoms with Crippen LogP contribution in [0.15, 0.2) is 53.1 Å². The second-order valence-electron chi connectivity index (χ2n) is 8.74. The maximum atomic E-state index is 12.5. The van der Waals surface area contributed by atoms with Crippen LogP contribution >= 0.6 is 0 Å². The average Bonchev–Trinajstić information content (AvgIpc) is 3.40. The largest absolute Gasteiger partial charge is 0.497 e. The molecule has 172 valence electrons. The highest BCUT2D eigenvalue weighted by Crippen LogP contribution is 2.36. The molecule has 8 nitrogen and oxygen atoms in total. The standard InChI is InChI=1S/C25H28N4O4/c1-29-18-8-9-19(29)14-22(13-18)32-21-5-3-4-16(12-21)15-26-24(30)23-27-25(33-28-23)17-6-10-20(31-2)11-7-17/h3-7,10-12,18-19,22H,8-9,13-15H2,1-2H3,(H,26,30). The Kier molecular flexibility index (Phi) is 6.00. The zero-order valence-corrected chi connectivity index (χ0v) is 18.9. The first-order valence-electron chi connectivity index (χ1n) is 11.3. The number of nitrogens with one attached hydrogen (secondary N) is 1. The maximum Gasteiger partial charge on any atom is 0.292 e. The molecule has 2 aliphatic heterocycles. The molecule has 1 amide bonds. The van der Waals surface area contributed by atoms with E-state index in [1.807, 2.05) is 24.3 Å². The van der Waals surface area contributed by atoms with E-state index in [-0.39, 0.29) is 17.8 Å². The number of hydrogen-bond donors (Lipinski definition) is 1. The Morgan fingerprint density at radius 3 is 2.61 bits per heavy atom. The molecule has 0 radical (unpaired) electrons. The van der Waals surface area contributed by atoms with Crippen molar-refractivity contribution in [2.75, 3.05) is 14.2 Å². The van der Waals surface area contributed by atoms with Gasteiger partial charge in [0.15, 0.2) is 0 Å².